The molecule has 0 fully saturated rings. The van der Waals surface area contributed by atoms with Gasteiger partial charge in [-0.3, -0.25) is 4.79 Å². The van der Waals surface area contributed by atoms with Gasteiger partial charge >= 0.3 is 0 Å². The fraction of sp³-hybridized carbons (Fsp3) is 0.136. The van der Waals surface area contributed by atoms with Crippen molar-refractivity contribution >= 4 is 17.3 Å². The normalized spacial score (nSPS) is 10.1. The Labute approximate surface area is 158 Å². The highest BCUT2D eigenvalue weighted by atomic mass is 16.5. The number of hydrogen-bond donors (Lipinski definition) is 2. The van der Waals surface area contributed by atoms with Crippen molar-refractivity contribution in [3.05, 3.63) is 78.9 Å². The molecule has 0 heterocycles. The van der Waals surface area contributed by atoms with Crippen molar-refractivity contribution in [1.82, 2.24) is 0 Å². The fourth-order valence-corrected chi connectivity index (χ4v) is 2.59. The summed E-state index contributed by atoms with van der Waals surface area (Å²) in [5, 5.41) is 6.13. The van der Waals surface area contributed by atoms with Gasteiger partial charge in [0, 0.05) is 13.0 Å². The summed E-state index contributed by atoms with van der Waals surface area (Å²) < 4.78 is 11.2. The second-order valence-electron chi connectivity index (χ2n) is 5.84. The Morgan fingerprint density at radius 1 is 0.815 bits per heavy atom. The van der Waals surface area contributed by atoms with Crippen LogP contribution in [0.25, 0.3) is 0 Å². The fourth-order valence-electron chi connectivity index (χ4n) is 2.59. The second-order valence-corrected chi connectivity index (χ2v) is 5.84. The van der Waals surface area contributed by atoms with Crippen molar-refractivity contribution in [2.75, 3.05) is 24.3 Å². The van der Waals surface area contributed by atoms with Gasteiger partial charge in [-0.15, -0.1) is 0 Å². The van der Waals surface area contributed by atoms with Crippen LogP contribution < -0.4 is 20.1 Å². The van der Waals surface area contributed by atoms with Gasteiger partial charge in [0.25, 0.3) is 0 Å². The molecule has 5 nitrogen and oxygen atoms in total. The van der Waals surface area contributed by atoms with Gasteiger partial charge < -0.3 is 20.1 Å². The van der Waals surface area contributed by atoms with E-state index in [0.717, 1.165) is 17.2 Å². The van der Waals surface area contributed by atoms with Crippen LogP contribution in [0.15, 0.2) is 78.9 Å². The van der Waals surface area contributed by atoms with Crippen LogP contribution in [0, 0.1) is 0 Å². The van der Waals surface area contributed by atoms with Crippen molar-refractivity contribution < 1.29 is 14.3 Å². The standard InChI is InChI=1S/C22H22N2O3/c1-26-20-13-7-5-11-18(20)23-16-15-22(25)24-19-12-6-8-14-21(19)27-17-9-3-2-4-10-17/h2-14,23H,15-16H2,1H3,(H,24,25). The largest absolute Gasteiger partial charge is 0.495 e. The van der Waals surface area contributed by atoms with Crippen molar-refractivity contribution in [2.45, 2.75) is 6.42 Å². The predicted molar refractivity (Wildman–Crippen MR) is 108 cm³/mol. The van der Waals surface area contributed by atoms with Crippen LogP contribution in [0.4, 0.5) is 11.4 Å². The lowest BCUT2D eigenvalue weighted by Gasteiger charge is -2.13. The Hall–Kier alpha value is -3.47. The number of anilines is 2. The van der Waals surface area contributed by atoms with Gasteiger partial charge in [0.15, 0.2) is 5.75 Å². The number of para-hydroxylation sites is 5. The Bertz CT molecular complexity index is 881. The van der Waals surface area contributed by atoms with Crippen LogP contribution in [0.5, 0.6) is 17.2 Å². The van der Waals surface area contributed by atoms with E-state index in [4.69, 9.17) is 9.47 Å². The molecule has 0 aliphatic rings. The van der Waals surface area contributed by atoms with Crippen LogP contribution in [0.2, 0.25) is 0 Å². The van der Waals surface area contributed by atoms with E-state index in [9.17, 15) is 4.79 Å². The number of benzene rings is 3. The first kappa shape index (κ1) is 18.3. The minimum Gasteiger partial charge on any atom is -0.495 e. The number of amides is 1. The molecule has 0 aliphatic heterocycles. The smallest absolute Gasteiger partial charge is 0.226 e. The molecule has 3 aromatic rings. The molecular formula is C22H22N2O3. The zero-order valence-corrected chi connectivity index (χ0v) is 15.1. The number of hydrogen-bond acceptors (Lipinski definition) is 4. The summed E-state index contributed by atoms with van der Waals surface area (Å²) in [5.41, 5.74) is 1.50. The minimum absolute atomic E-state index is 0.0958. The molecule has 138 valence electrons. The molecule has 0 aromatic heterocycles. The number of methoxy groups -OCH3 is 1. The molecule has 0 bridgehead atoms. The Balaban J connectivity index is 1.56. The van der Waals surface area contributed by atoms with Crippen molar-refractivity contribution in [3.63, 3.8) is 0 Å². The van der Waals surface area contributed by atoms with Crippen molar-refractivity contribution in [2.24, 2.45) is 0 Å². The number of carbonyl (C=O) groups is 1. The molecule has 3 rings (SSSR count). The zero-order chi connectivity index (χ0) is 18.9. The molecule has 2 N–H and O–H groups in total. The van der Waals surface area contributed by atoms with Crippen LogP contribution in [0.1, 0.15) is 6.42 Å². The lowest BCUT2D eigenvalue weighted by atomic mass is 10.2. The summed E-state index contributed by atoms with van der Waals surface area (Å²) in [7, 11) is 1.62. The lowest BCUT2D eigenvalue weighted by molar-refractivity contribution is -0.116. The Morgan fingerprint density at radius 3 is 2.19 bits per heavy atom. The zero-order valence-electron chi connectivity index (χ0n) is 15.1. The first-order chi connectivity index (χ1) is 13.3. The van der Waals surface area contributed by atoms with Gasteiger partial charge in [-0.25, -0.2) is 0 Å². The maximum Gasteiger partial charge on any atom is 0.226 e. The summed E-state index contributed by atoms with van der Waals surface area (Å²) in [6.45, 7) is 0.494. The summed E-state index contributed by atoms with van der Waals surface area (Å²) in [6.07, 6.45) is 0.317. The predicted octanol–water partition coefficient (Wildman–Crippen LogP) is 4.93. The third-order valence-electron chi connectivity index (χ3n) is 3.91. The molecule has 3 aromatic carbocycles. The molecule has 0 unspecified atom stereocenters. The topological polar surface area (TPSA) is 59.6 Å². The second kappa shape index (κ2) is 9.29. The van der Waals surface area contributed by atoms with Crippen molar-refractivity contribution in [3.8, 4) is 17.2 Å². The third kappa shape index (κ3) is 5.25. The van der Waals surface area contributed by atoms with Crippen molar-refractivity contribution in [1.29, 1.82) is 0 Å². The van der Waals surface area contributed by atoms with E-state index in [2.05, 4.69) is 10.6 Å². The summed E-state index contributed by atoms with van der Waals surface area (Å²) in [6, 6.07) is 24.5. The first-order valence-corrected chi connectivity index (χ1v) is 8.75. The monoisotopic (exact) mass is 362 g/mol. The third-order valence-corrected chi connectivity index (χ3v) is 3.91. The summed E-state index contributed by atoms with van der Waals surface area (Å²) >= 11 is 0. The van der Waals surface area contributed by atoms with E-state index in [1.165, 1.54) is 0 Å². The summed E-state index contributed by atoms with van der Waals surface area (Å²) in [4.78, 5) is 12.3. The molecule has 0 saturated heterocycles. The van der Waals surface area contributed by atoms with Gasteiger partial charge in [0.05, 0.1) is 18.5 Å². The van der Waals surface area contributed by atoms with E-state index in [1.807, 2.05) is 78.9 Å². The average Bonchev–Trinajstić information content (AvgIpc) is 2.70. The Kier molecular flexibility index (Phi) is 6.30. The molecule has 0 spiro atoms. The number of nitrogens with one attached hydrogen (secondary N) is 2. The highest BCUT2D eigenvalue weighted by Crippen LogP contribution is 2.29. The van der Waals surface area contributed by atoms with E-state index in [0.29, 0.717) is 24.4 Å². The molecule has 1 amide bonds. The van der Waals surface area contributed by atoms with E-state index < -0.39 is 0 Å². The molecule has 0 atom stereocenters. The quantitative estimate of drug-likeness (QED) is 0.597. The molecule has 0 aliphatic carbocycles. The van der Waals surface area contributed by atoms with Crippen LogP contribution in [0.3, 0.4) is 0 Å². The minimum atomic E-state index is -0.0958. The number of rotatable bonds is 8. The number of carbonyl (C=O) groups excluding carboxylic acids is 1. The van der Waals surface area contributed by atoms with Gasteiger partial charge in [0.1, 0.15) is 11.5 Å². The highest BCUT2D eigenvalue weighted by molar-refractivity contribution is 5.92. The Morgan fingerprint density at radius 2 is 1.44 bits per heavy atom. The van der Waals surface area contributed by atoms with Crippen LogP contribution in [-0.4, -0.2) is 19.6 Å². The maximum atomic E-state index is 12.3. The molecular weight excluding hydrogens is 340 g/mol. The van der Waals surface area contributed by atoms with E-state index in [-0.39, 0.29) is 5.91 Å². The van der Waals surface area contributed by atoms with Gasteiger partial charge in [-0.05, 0) is 36.4 Å². The van der Waals surface area contributed by atoms with Gasteiger partial charge in [0.2, 0.25) is 5.91 Å². The SMILES string of the molecule is COc1ccccc1NCCC(=O)Nc1ccccc1Oc1ccccc1. The molecule has 0 saturated carbocycles. The van der Waals surface area contributed by atoms with Crippen LogP contribution in [-0.2, 0) is 4.79 Å². The average molecular weight is 362 g/mol. The highest BCUT2D eigenvalue weighted by Gasteiger charge is 2.09. The number of ether oxygens (including phenoxy) is 2. The van der Waals surface area contributed by atoms with E-state index in [1.54, 1.807) is 7.11 Å². The van der Waals surface area contributed by atoms with Crippen LogP contribution >= 0.6 is 0 Å². The van der Waals surface area contributed by atoms with Gasteiger partial charge in [-0.2, -0.15) is 0 Å². The maximum absolute atomic E-state index is 12.3. The lowest BCUT2D eigenvalue weighted by Crippen LogP contribution is -2.16. The molecule has 0 radical (unpaired) electrons. The molecule has 27 heavy (non-hydrogen) atoms. The van der Waals surface area contributed by atoms with E-state index >= 15 is 0 Å². The summed E-state index contributed by atoms with van der Waals surface area (Å²) in [5.74, 6) is 1.98. The van der Waals surface area contributed by atoms with Gasteiger partial charge in [-0.1, -0.05) is 42.5 Å². The molecule has 5 heteroatoms. The first-order valence-electron chi connectivity index (χ1n) is 8.75.